The number of nitrogens with zero attached hydrogens (tertiary/aromatic N) is 4. The van der Waals surface area contributed by atoms with Crippen molar-refractivity contribution in [3.63, 3.8) is 0 Å². The summed E-state index contributed by atoms with van der Waals surface area (Å²) in [5, 5.41) is 4.26. The molecule has 2 rings (SSSR count). The number of Topliss-reactive ketones (excluding diaryl/α,β-unsaturated/α-hetero) is 1. The number of rotatable bonds is 6. The van der Waals surface area contributed by atoms with E-state index in [1.807, 2.05) is 26.2 Å². The van der Waals surface area contributed by atoms with Crippen molar-refractivity contribution in [2.75, 3.05) is 20.6 Å². The van der Waals surface area contributed by atoms with Gasteiger partial charge in [-0.1, -0.05) is 6.07 Å². The Bertz CT molecular complexity index is 580. The highest BCUT2D eigenvalue weighted by molar-refractivity contribution is 9.10. The van der Waals surface area contributed by atoms with E-state index in [4.69, 9.17) is 0 Å². The van der Waals surface area contributed by atoms with E-state index in [0.717, 1.165) is 16.6 Å². The highest BCUT2D eigenvalue weighted by Gasteiger charge is 2.17. The Morgan fingerprint density at radius 1 is 1.40 bits per heavy atom. The number of carbonyl (C=O) groups excluding carboxylic acids is 1. The highest BCUT2D eigenvalue weighted by Crippen LogP contribution is 2.18. The van der Waals surface area contributed by atoms with Crippen molar-refractivity contribution >= 4 is 21.7 Å². The number of pyridine rings is 1. The topological polar surface area (TPSA) is 51.0 Å². The van der Waals surface area contributed by atoms with Crippen LogP contribution in [0.15, 0.2) is 35.2 Å². The number of aromatic nitrogens is 3. The van der Waals surface area contributed by atoms with E-state index in [1.54, 1.807) is 23.3 Å². The molecule has 0 saturated carbocycles. The van der Waals surface area contributed by atoms with Gasteiger partial charge in [-0.3, -0.25) is 14.5 Å². The molecule has 2 aromatic heterocycles. The van der Waals surface area contributed by atoms with Gasteiger partial charge in [-0.15, -0.1) is 0 Å². The van der Waals surface area contributed by atoms with Crippen molar-refractivity contribution in [2.45, 2.75) is 13.0 Å². The summed E-state index contributed by atoms with van der Waals surface area (Å²) in [5.41, 5.74) is 1.53. The van der Waals surface area contributed by atoms with Crippen LogP contribution in [0.1, 0.15) is 16.1 Å². The van der Waals surface area contributed by atoms with Crippen molar-refractivity contribution in [1.82, 2.24) is 19.7 Å². The number of ketones is 1. The maximum Gasteiger partial charge on any atom is 0.186 e. The molecule has 0 amide bonds. The first-order valence-electron chi connectivity index (χ1n) is 6.36. The maximum atomic E-state index is 12.4. The average Bonchev–Trinajstić information content (AvgIpc) is 2.78. The number of likely N-dealkylation sites (N-methyl/N-ethyl adjacent to an activating group) is 1. The average molecular weight is 337 g/mol. The zero-order valence-corrected chi connectivity index (χ0v) is 13.2. The van der Waals surface area contributed by atoms with Crippen molar-refractivity contribution in [2.24, 2.45) is 0 Å². The first-order chi connectivity index (χ1) is 9.58. The second kappa shape index (κ2) is 6.76. The van der Waals surface area contributed by atoms with Gasteiger partial charge in [0.15, 0.2) is 5.78 Å². The molecule has 0 aromatic carbocycles. The lowest BCUT2D eigenvalue weighted by molar-refractivity contribution is 0.0981. The molecule has 0 spiro atoms. The Kier molecular flexibility index (Phi) is 5.03. The summed E-state index contributed by atoms with van der Waals surface area (Å²) in [7, 11) is 3.99. The van der Waals surface area contributed by atoms with Gasteiger partial charge in [-0.2, -0.15) is 5.10 Å². The van der Waals surface area contributed by atoms with Gasteiger partial charge in [-0.05, 0) is 41.7 Å². The van der Waals surface area contributed by atoms with E-state index in [-0.39, 0.29) is 5.78 Å². The first kappa shape index (κ1) is 14.9. The second-order valence-electron chi connectivity index (χ2n) is 4.83. The van der Waals surface area contributed by atoms with Gasteiger partial charge < -0.3 is 4.90 Å². The third kappa shape index (κ3) is 3.74. The standard InChI is InChI=1S/C14H17BrN4O/c1-18(2)6-7-19-14(12(15)10-17-19)13(20)8-11-4-3-5-16-9-11/h3-5,9-10H,6-8H2,1-2H3. The van der Waals surface area contributed by atoms with Gasteiger partial charge in [0.1, 0.15) is 5.69 Å². The number of carbonyl (C=O) groups is 1. The van der Waals surface area contributed by atoms with Crippen molar-refractivity contribution < 1.29 is 4.79 Å². The number of halogens is 1. The minimum absolute atomic E-state index is 0.0427. The molecule has 0 N–H and O–H groups in total. The molecule has 0 saturated heterocycles. The van der Waals surface area contributed by atoms with Gasteiger partial charge in [0.05, 0.1) is 17.2 Å². The van der Waals surface area contributed by atoms with Gasteiger partial charge in [0.2, 0.25) is 0 Å². The van der Waals surface area contributed by atoms with Crippen LogP contribution in [-0.2, 0) is 13.0 Å². The predicted molar refractivity (Wildman–Crippen MR) is 80.8 cm³/mol. The molecule has 0 bridgehead atoms. The fourth-order valence-electron chi connectivity index (χ4n) is 1.88. The van der Waals surface area contributed by atoms with Crippen LogP contribution >= 0.6 is 15.9 Å². The van der Waals surface area contributed by atoms with Crippen LogP contribution in [0.5, 0.6) is 0 Å². The smallest absolute Gasteiger partial charge is 0.186 e. The van der Waals surface area contributed by atoms with E-state index < -0.39 is 0 Å². The zero-order valence-electron chi connectivity index (χ0n) is 11.6. The molecule has 0 radical (unpaired) electrons. The van der Waals surface area contributed by atoms with Crippen LogP contribution in [0.3, 0.4) is 0 Å². The molecule has 2 aromatic rings. The summed E-state index contributed by atoms with van der Waals surface area (Å²) in [4.78, 5) is 18.5. The Hall–Kier alpha value is -1.53. The second-order valence-corrected chi connectivity index (χ2v) is 5.68. The van der Waals surface area contributed by atoms with E-state index in [0.29, 0.717) is 18.7 Å². The SMILES string of the molecule is CN(C)CCn1ncc(Br)c1C(=O)Cc1cccnc1. The summed E-state index contributed by atoms with van der Waals surface area (Å²) in [6.07, 6.45) is 5.42. The Morgan fingerprint density at radius 2 is 2.20 bits per heavy atom. The molecule has 0 atom stereocenters. The first-order valence-corrected chi connectivity index (χ1v) is 7.15. The Morgan fingerprint density at radius 3 is 2.85 bits per heavy atom. The molecule has 20 heavy (non-hydrogen) atoms. The highest BCUT2D eigenvalue weighted by atomic mass is 79.9. The summed E-state index contributed by atoms with van der Waals surface area (Å²) < 4.78 is 2.49. The lowest BCUT2D eigenvalue weighted by Gasteiger charge is -2.11. The van der Waals surface area contributed by atoms with Gasteiger partial charge in [-0.25, -0.2) is 0 Å². The van der Waals surface area contributed by atoms with Gasteiger partial charge >= 0.3 is 0 Å². The predicted octanol–water partition coefficient (Wildman–Crippen LogP) is 2.03. The summed E-state index contributed by atoms with van der Waals surface area (Å²) >= 11 is 3.40. The van der Waals surface area contributed by atoms with Crippen molar-refractivity contribution in [3.8, 4) is 0 Å². The Labute approximate surface area is 126 Å². The normalized spacial score (nSPS) is 11.0. The molecule has 0 aliphatic rings. The van der Waals surface area contributed by atoms with Gasteiger partial charge in [0.25, 0.3) is 0 Å². The van der Waals surface area contributed by atoms with Crippen LogP contribution < -0.4 is 0 Å². The van der Waals surface area contributed by atoms with Crippen LogP contribution in [0.4, 0.5) is 0 Å². The lowest BCUT2D eigenvalue weighted by Crippen LogP contribution is -2.22. The quantitative estimate of drug-likeness (QED) is 0.757. The van der Waals surface area contributed by atoms with Gasteiger partial charge in [0, 0.05) is 25.4 Å². The van der Waals surface area contributed by atoms with E-state index in [1.165, 1.54) is 0 Å². The molecule has 0 fully saturated rings. The number of hydrogen-bond acceptors (Lipinski definition) is 4. The van der Waals surface area contributed by atoms with Crippen LogP contribution in [-0.4, -0.2) is 46.1 Å². The molecule has 0 aliphatic carbocycles. The van der Waals surface area contributed by atoms with Crippen molar-refractivity contribution in [3.05, 3.63) is 46.5 Å². The van der Waals surface area contributed by atoms with Crippen LogP contribution in [0.25, 0.3) is 0 Å². The minimum Gasteiger partial charge on any atom is -0.308 e. The third-order valence-corrected chi connectivity index (χ3v) is 3.49. The molecule has 106 valence electrons. The van der Waals surface area contributed by atoms with E-state index in [9.17, 15) is 4.79 Å². The van der Waals surface area contributed by atoms with Crippen LogP contribution in [0, 0.1) is 0 Å². The summed E-state index contributed by atoms with van der Waals surface area (Å²) in [5.74, 6) is 0.0427. The third-order valence-electron chi connectivity index (χ3n) is 2.91. The summed E-state index contributed by atoms with van der Waals surface area (Å²) in [6, 6.07) is 3.74. The number of hydrogen-bond donors (Lipinski definition) is 0. The molecule has 5 nitrogen and oxygen atoms in total. The molecule has 0 unspecified atom stereocenters. The summed E-state index contributed by atoms with van der Waals surface area (Å²) in [6.45, 7) is 1.52. The zero-order chi connectivity index (χ0) is 14.5. The Balaban J connectivity index is 2.15. The molecule has 6 heteroatoms. The minimum atomic E-state index is 0.0427. The molecule has 2 heterocycles. The van der Waals surface area contributed by atoms with Crippen LogP contribution in [0.2, 0.25) is 0 Å². The molecular formula is C14H17BrN4O. The molecule has 0 aliphatic heterocycles. The largest absolute Gasteiger partial charge is 0.308 e. The van der Waals surface area contributed by atoms with E-state index >= 15 is 0 Å². The fourth-order valence-corrected chi connectivity index (χ4v) is 2.39. The fraction of sp³-hybridized carbons (Fsp3) is 0.357. The van der Waals surface area contributed by atoms with Crippen molar-refractivity contribution in [1.29, 1.82) is 0 Å². The van der Waals surface area contributed by atoms with E-state index in [2.05, 4.69) is 30.9 Å². The molecular weight excluding hydrogens is 320 g/mol. The maximum absolute atomic E-state index is 12.4. The monoisotopic (exact) mass is 336 g/mol. The lowest BCUT2D eigenvalue weighted by atomic mass is 10.1.